The molecule has 1 unspecified atom stereocenters. The van der Waals surface area contributed by atoms with Crippen molar-refractivity contribution in [3.63, 3.8) is 0 Å². The van der Waals surface area contributed by atoms with Gasteiger partial charge in [-0.2, -0.15) is 13.2 Å². The molecular weight excluding hydrogens is 175 g/mol. The van der Waals surface area contributed by atoms with E-state index in [1.54, 1.807) is 0 Å². The van der Waals surface area contributed by atoms with Crippen molar-refractivity contribution >= 4 is 0 Å². The molecule has 0 aromatic heterocycles. The van der Waals surface area contributed by atoms with E-state index in [0.29, 0.717) is 0 Å². The number of hydrogen-bond donors (Lipinski definition) is 3. The first-order valence-corrected chi connectivity index (χ1v) is 3.47. The highest BCUT2D eigenvalue weighted by molar-refractivity contribution is 4.68. The van der Waals surface area contributed by atoms with Gasteiger partial charge >= 0.3 is 6.18 Å². The van der Waals surface area contributed by atoms with Crippen LogP contribution < -0.4 is 5.32 Å². The van der Waals surface area contributed by atoms with Gasteiger partial charge in [-0.15, -0.1) is 0 Å². The summed E-state index contributed by atoms with van der Waals surface area (Å²) in [6.07, 6.45) is -7.67. The van der Waals surface area contributed by atoms with Crippen LogP contribution in [0.4, 0.5) is 13.2 Å². The van der Waals surface area contributed by atoms with Crippen LogP contribution >= 0.6 is 0 Å². The third-order valence-electron chi connectivity index (χ3n) is 1.16. The summed E-state index contributed by atoms with van der Waals surface area (Å²) < 4.78 is 34.9. The zero-order chi connectivity index (χ0) is 9.78. The summed E-state index contributed by atoms with van der Waals surface area (Å²) in [6.45, 7) is 0.883. The van der Waals surface area contributed by atoms with Gasteiger partial charge in [0.15, 0.2) is 6.10 Å². The summed E-state index contributed by atoms with van der Waals surface area (Å²) in [6, 6.07) is 0. The Morgan fingerprint density at radius 3 is 2.08 bits per heavy atom. The number of nitrogens with one attached hydrogen (secondary N) is 1. The van der Waals surface area contributed by atoms with Gasteiger partial charge in [-0.25, -0.2) is 0 Å². The largest absolute Gasteiger partial charge is 0.415 e. The fraction of sp³-hybridized carbons (Fsp3) is 1.00. The second-order valence-electron chi connectivity index (χ2n) is 2.56. The lowest BCUT2D eigenvalue weighted by molar-refractivity contribution is -0.202. The molecule has 0 aliphatic rings. The lowest BCUT2D eigenvalue weighted by atomic mass is 10.3. The molecule has 0 saturated carbocycles. The summed E-state index contributed by atoms with van der Waals surface area (Å²) in [4.78, 5) is 0. The number of aliphatic hydroxyl groups excluding tert-OH is 2. The minimum Gasteiger partial charge on any atom is -0.392 e. The monoisotopic (exact) mass is 187 g/mol. The van der Waals surface area contributed by atoms with Gasteiger partial charge in [0, 0.05) is 13.1 Å². The molecular formula is C6H12F3NO2. The average Bonchev–Trinajstić information content (AvgIpc) is 1.84. The highest BCUT2D eigenvalue weighted by atomic mass is 19.4. The maximum Gasteiger partial charge on any atom is 0.415 e. The molecule has 3 nitrogen and oxygen atoms in total. The third-order valence-corrected chi connectivity index (χ3v) is 1.16. The minimum atomic E-state index is -4.59. The highest BCUT2D eigenvalue weighted by Crippen LogP contribution is 2.18. The van der Waals surface area contributed by atoms with Gasteiger partial charge in [0.1, 0.15) is 0 Å². The van der Waals surface area contributed by atoms with Crippen LogP contribution in [0.5, 0.6) is 0 Å². The first kappa shape index (κ1) is 11.7. The van der Waals surface area contributed by atoms with Gasteiger partial charge in [-0.05, 0) is 6.92 Å². The van der Waals surface area contributed by atoms with Crippen molar-refractivity contribution in [2.45, 2.75) is 25.3 Å². The van der Waals surface area contributed by atoms with Crippen LogP contribution in [-0.2, 0) is 0 Å². The van der Waals surface area contributed by atoms with Gasteiger partial charge in [0.2, 0.25) is 0 Å². The predicted octanol–water partition coefficient (Wildman–Crippen LogP) is -0.120. The fourth-order valence-electron chi connectivity index (χ4n) is 0.545. The fourth-order valence-corrected chi connectivity index (χ4v) is 0.545. The first-order chi connectivity index (χ1) is 5.34. The minimum absolute atomic E-state index is 0.0349. The second-order valence-corrected chi connectivity index (χ2v) is 2.56. The molecule has 0 spiro atoms. The maximum atomic E-state index is 11.6. The third kappa shape index (κ3) is 5.34. The summed E-state index contributed by atoms with van der Waals surface area (Å²) in [5, 5.41) is 19.3. The summed E-state index contributed by atoms with van der Waals surface area (Å²) >= 11 is 0. The van der Waals surface area contributed by atoms with E-state index in [9.17, 15) is 13.2 Å². The first-order valence-electron chi connectivity index (χ1n) is 3.47. The molecule has 0 bridgehead atoms. The Morgan fingerprint density at radius 2 is 1.75 bits per heavy atom. The molecule has 2 atom stereocenters. The van der Waals surface area contributed by atoms with E-state index in [4.69, 9.17) is 10.2 Å². The molecule has 12 heavy (non-hydrogen) atoms. The molecule has 0 aliphatic carbocycles. The van der Waals surface area contributed by atoms with Crippen molar-refractivity contribution in [2.24, 2.45) is 0 Å². The number of halogens is 3. The van der Waals surface area contributed by atoms with Gasteiger partial charge in [-0.3, -0.25) is 0 Å². The summed E-state index contributed by atoms with van der Waals surface area (Å²) in [7, 11) is 0. The van der Waals surface area contributed by atoms with E-state index in [1.165, 1.54) is 6.92 Å². The van der Waals surface area contributed by atoms with Crippen LogP contribution in [0.15, 0.2) is 0 Å². The van der Waals surface area contributed by atoms with E-state index < -0.39 is 24.9 Å². The van der Waals surface area contributed by atoms with Gasteiger partial charge in [-0.1, -0.05) is 0 Å². The second kappa shape index (κ2) is 4.64. The molecule has 0 aromatic carbocycles. The molecule has 0 aliphatic heterocycles. The molecule has 0 heterocycles. The van der Waals surface area contributed by atoms with Crippen molar-refractivity contribution in [3.05, 3.63) is 0 Å². The Labute approximate surface area is 68.2 Å². The Morgan fingerprint density at radius 1 is 1.25 bits per heavy atom. The van der Waals surface area contributed by atoms with Crippen molar-refractivity contribution in [2.75, 3.05) is 13.1 Å². The maximum absolute atomic E-state index is 11.6. The Kier molecular flexibility index (Phi) is 4.51. The highest BCUT2D eigenvalue weighted by Gasteiger charge is 2.37. The SMILES string of the molecule is C[C@H](O)CNCC(O)C(F)(F)F. The lowest BCUT2D eigenvalue weighted by Crippen LogP contribution is -2.40. The Bertz CT molecular complexity index is 126. The van der Waals surface area contributed by atoms with Crippen LogP contribution in [0.2, 0.25) is 0 Å². The summed E-state index contributed by atoms with van der Waals surface area (Å²) in [5.41, 5.74) is 0. The summed E-state index contributed by atoms with van der Waals surface area (Å²) in [5.74, 6) is 0. The molecule has 0 saturated heterocycles. The van der Waals surface area contributed by atoms with Crippen molar-refractivity contribution < 1.29 is 23.4 Å². The molecule has 0 rings (SSSR count). The average molecular weight is 187 g/mol. The molecule has 0 radical (unpaired) electrons. The van der Waals surface area contributed by atoms with Crippen LogP contribution in [0.1, 0.15) is 6.92 Å². The predicted molar refractivity (Wildman–Crippen MR) is 36.6 cm³/mol. The van der Waals surface area contributed by atoms with Crippen molar-refractivity contribution in [1.29, 1.82) is 0 Å². The molecule has 0 fully saturated rings. The molecule has 6 heteroatoms. The normalized spacial score (nSPS) is 17.5. The van der Waals surface area contributed by atoms with Gasteiger partial charge in [0.05, 0.1) is 6.10 Å². The Hall–Kier alpha value is -0.330. The number of rotatable bonds is 4. The zero-order valence-electron chi connectivity index (χ0n) is 6.60. The van der Waals surface area contributed by atoms with Crippen LogP contribution in [0, 0.1) is 0 Å². The standard InChI is InChI=1S/C6H12F3NO2/c1-4(11)2-10-3-5(12)6(7,8)9/h4-5,10-12H,2-3H2,1H3/t4-,5?/m0/s1. The molecule has 3 N–H and O–H groups in total. The van der Waals surface area contributed by atoms with E-state index in [1.807, 2.05) is 0 Å². The zero-order valence-corrected chi connectivity index (χ0v) is 6.60. The van der Waals surface area contributed by atoms with Crippen LogP contribution in [-0.4, -0.2) is 41.7 Å². The molecule has 0 amide bonds. The molecule has 0 aromatic rings. The Balaban J connectivity index is 3.51. The van der Waals surface area contributed by atoms with E-state index >= 15 is 0 Å². The number of aliphatic hydroxyl groups is 2. The van der Waals surface area contributed by atoms with E-state index in [2.05, 4.69) is 5.32 Å². The van der Waals surface area contributed by atoms with Crippen molar-refractivity contribution in [1.82, 2.24) is 5.32 Å². The van der Waals surface area contributed by atoms with Crippen LogP contribution in [0.25, 0.3) is 0 Å². The van der Waals surface area contributed by atoms with E-state index in [0.717, 1.165) is 0 Å². The van der Waals surface area contributed by atoms with Gasteiger partial charge < -0.3 is 15.5 Å². The van der Waals surface area contributed by atoms with Crippen molar-refractivity contribution in [3.8, 4) is 0 Å². The number of alkyl halides is 3. The smallest absolute Gasteiger partial charge is 0.392 e. The van der Waals surface area contributed by atoms with Gasteiger partial charge in [0.25, 0.3) is 0 Å². The molecule has 74 valence electrons. The lowest BCUT2D eigenvalue weighted by Gasteiger charge is -2.15. The quantitative estimate of drug-likeness (QED) is 0.575. The van der Waals surface area contributed by atoms with E-state index in [-0.39, 0.29) is 6.54 Å². The number of hydrogen-bond acceptors (Lipinski definition) is 3. The van der Waals surface area contributed by atoms with Crippen LogP contribution in [0.3, 0.4) is 0 Å². The topological polar surface area (TPSA) is 52.5 Å².